The van der Waals surface area contributed by atoms with Gasteiger partial charge in [0.1, 0.15) is 11.9 Å². The molecule has 2 aliphatic heterocycles. The summed E-state index contributed by atoms with van der Waals surface area (Å²) < 4.78 is 5.45. The maximum Gasteiger partial charge on any atom is 0.248 e. The van der Waals surface area contributed by atoms with Gasteiger partial charge in [0.05, 0.1) is 11.1 Å². The molecular formula is C25H36N4O4. The predicted molar refractivity (Wildman–Crippen MR) is 126 cm³/mol. The SMILES string of the molecule is CC1CCC([C@H](NC(=O)C(C)(C)C)C(=O)Nc2cc3c(cn2)C2(CCOCC2)C(=O)N3)CC1. The van der Waals surface area contributed by atoms with Crippen molar-refractivity contribution in [2.75, 3.05) is 23.8 Å². The van der Waals surface area contributed by atoms with Crippen molar-refractivity contribution in [3.05, 3.63) is 17.8 Å². The number of ether oxygens (including phenoxy) is 1. The number of fused-ring (bicyclic) bond motifs is 2. The zero-order valence-corrected chi connectivity index (χ0v) is 20.1. The standard InChI is InChI=1S/C25H36N4O4/c1-15-5-7-16(8-6-15)20(29-22(31)24(2,3)4)21(30)28-19-13-18-17(14-26-19)25(23(32)27-18)9-11-33-12-10-25/h13-16,20H,5-12H2,1-4H3,(H,27,32)(H,29,31)(H,26,28,30)/t15?,16?,20-/m0/s1. The summed E-state index contributed by atoms with van der Waals surface area (Å²) in [5, 5.41) is 8.87. The number of aromatic nitrogens is 1. The molecule has 3 N–H and O–H groups in total. The van der Waals surface area contributed by atoms with E-state index >= 15 is 0 Å². The quantitative estimate of drug-likeness (QED) is 0.644. The first-order valence-electron chi connectivity index (χ1n) is 12.1. The second kappa shape index (κ2) is 9.05. The van der Waals surface area contributed by atoms with Crippen molar-refractivity contribution < 1.29 is 19.1 Å². The van der Waals surface area contributed by atoms with Crippen molar-refractivity contribution in [2.45, 2.75) is 77.7 Å². The van der Waals surface area contributed by atoms with Gasteiger partial charge in [-0.2, -0.15) is 0 Å². The van der Waals surface area contributed by atoms with Gasteiger partial charge < -0.3 is 20.7 Å². The van der Waals surface area contributed by atoms with Crippen molar-refractivity contribution >= 4 is 29.2 Å². The van der Waals surface area contributed by atoms with Crippen LogP contribution in [0.1, 0.15) is 71.8 Å². The molecule has 0 unspecified atom stereocenters. The minimum atomic E-state index is -0.615. The summed E-state index contributed by atoms with van der Waals surface area (Å²) >= 11 is 0. The highest BCUT2D eigenvalue weighted by Crippen LogP contribution is 2.44. The zero-order chi connectivity index (χ0) is 23.8. The fourth-order valence-electron chi connectivity index (χ4n) is 5.17. The molecule has 33 heavy (non-hydrogen) atoms. The van der Waals surface area contributed by atoms with Crippen LogP contribution in [0.4, 0.5) is 11.5 Å². The third-order valence-corrected chi connectivity index (χ3v) is 7.48. The molecule has 0 bridgehead atoms. The molecule has 3 amide bonds. The third kappa shape index (κ3) is 4.76. The molecule has 180 valence electrons. The minimum absolute atomic E-state index is 0.0299. The van der Waals surface area contributed by atoms with Crippen LogP contribution in [-0.2, 0) is 24.5 Å². The van der Waals surface area contributed by atoms with Crippen molar-refractivity contribution in [1.29, 1.82) is 0 Å². The number of carbonyl (C=O) groups excluding carboxylic acids is 3. The largest absolute Gasteiger partial charge is 0.381 e. The molecule has 3 aliphatic rings. The molecule has 1 aromatic rings. The molecule has 1 aromatic heterocycles. The van der Waals surface area contributed by atoms with Gasteiger partial charge in [0.15, 0.2) is 0 Å². The van der Waals surface area contributed by atoms with Crippen LogP contribution in [0.3, 0.4) is 0 Å². The van der Waals surface area contributed by atoms with E-state index in [2.05, 4.69) is 27.9 Å². The smallest absolute Gasteiger partial charge is 0.248 e. The molecule has 1 atom stereocenters. The van der Waals surface area contributed by atoms with Gasteiger partial charge in [0.2, 0.25) is 17.7 Å². The van der Waals surface area contributed by atoms with Crippen molar-refractivity contribution in [2.24, 2.45) is 17.3 Å². The lowest BCUT2D eigenvalue weighted by molar-refractivity contribution is -0.133. The second-order valence-electron chi connectivity index (χ2n) is 11.0. The van der Waals surface area contributed by atoms with E-state index in [0.29, 0.717) is 43.5 Å². The number of rotatable bonds is 4. The summed E-state index contributed by atoms with van der Waals surface area (Å²) in [6.45, 7) is 8.85. The van der Waals surface area contributed by atoms with Gasteiger partial charge in [-0.15, -0.1) is 0 Å². The lowest BCUT2D eigenvalue weighted by Crippen LogP contribution is -2.52. The van der Waals surface area contributed by atoms with Crippen LogP contribution in [0.25, 0.3) is 0 Å². The van der Waals surface area contributed by atoms with E-state index in [0.717, 1.165) is 31.2 Å². The van der Waals surface area contributed by atoms with Gasteiger partial charge in [-0.25, -0.2) is 4.98 Å². The number of hydrogen-bond acceptors (Lipinski definition) is 5. The second-order valence-corrected chi connectivity index (χ2v) is 11.0. The first kappa shape index (κ1) is 23.7. The molecule has 4 rings (SSSR count). The Hall–Kier alpha value is -2.48. The van der Waals surface area contributed by atoms with Crippen LogP contribution in [0, 0.1) is 17.3 Å². The number of amides is 3. The molecule has 3 heterocycles. The monoisotopic (exact) mass is 456 g/mol. The summed E-state index contributed by atoms with van der Waals surface area (Å²) in [6.07, 6.45) is 6.85. The molecule has 2 fully saturated rings. The zero-order valence-electron chi connectivity index (χ0n) is 20.1. The summed E-state index contributed by atoms with van der Waals surface area (Å²) in [4.78, 5) is 43.3. The number of anilines is 2. The Balaban J connectivity index is 1.52. The van der Waals surface area contributed by atoms with Gasteiger partial charge in [0, 0.05) is 36.5 Å². The van der Waals surface area contributed by atoms with Gasteiger partial charge in [-0.1, -0.05) is 40.5 Å². The highest BCUT2D eigenvalue weighted by atomic mass is 16.5. The third-order valence-electron chi connectivity index (χ3n) is 7.48. The molecule has 1 saturated heterocycles. The fraction of sp³-hybridized carbons (Fsp3) is 0.680. The van der Waals surface area contributed by atoms with Crippen LogP contribution in [-0.4, -0.2) is 42.0 Å². The molecule has 8 nitrogen and oxygen atoms in total. The molecule has 1 saturated carbocycles. The van der Waals surface area contributed by atoms with Gasteiger partial charge in [-0.3, -0.25) is 14.4 Å². The van der Waals surface area contributed by atoms with E-state index < -0.39 is 16.9 Å². The Morgan fingerprint density at radius 3 is 2.48 bits per heavy atom. The first-order chi connectivity index (χ1) is 15.6. The summed E-state index contributed by atoms with van der Waals surface area (Å²) in [5.74, 6) is 0.677. The van der Waals surface area contributed by atoms with Crippen LogP contribution >= 0.6 is 0 Å². The molecule has 0 radical (unpaired) electrons. The Kier molecular flexibility index (Phi) is 6.49. The highest BCUT2D eigenvalue weighted by Gasteiger charge is 2.48. The maximum absolute atomic E-state index is 13.3. The molecule has 8 heteroatoms. The highest BCUT2D eigenvalue weighted by molar-refractivity contribution is 6.07. The van der Waals surface area contributed by atoms with E-state index in [-0.39, 0.29) is 23.6 Å². The number of pyridine rings is 1. The van der Waals surface area contributed by atoms with Crippen molar-refractivity contribution in [3.8, 4) is 0 Å². The Labute approximate surface area is 195 Å². The summed E-state index contributed by atoms with van der Waals surface area (Å²) in [6, 6.07) is 1.11. The Morgan fingerprint density at radius 2 is 1.85 bits per heavy atom. The fourth-order valence-corrected chi connectivity index (χ4v) is 5.17. The number of hydrogen-bond donors (Lipinski definition) is 3. The summed E-state index contributed by atoms with van der Waals surface area (Å²) in [5.41, 5.74) is 0.376. The lowest BCUT2D eigenvalue weighted by atomic mass is 9.76. The normalized spacial score (nSPS) is 25.2. The van der Waals surface area contributed by atoms with Crippen molar-refractivity contribution in [3.63, 3.8) is 0 Å². The molecule has 1 aliphatic carbocycles. The van der Waals surface area contributed by atoms with Gasteiger partial charge in [0.25, 0.3) is 0 Å². The van der Waals surface area contributed by atoms with E-state index in [9.17, 15) is 14.4 Å². The number of nitrogens with one attached hydrogen (secondary N) is 3. The molecule has 0 aromatic carbocycles. The van der Waals surface area contributed by atoms with E-state index in [1.165, 1.54) is 0 Å². The average molecular weight is 457 g/mol. The van der Waals surface area contributed by atoms with Gasteiger partial charge >= 0.3 is 0 Å². The minimum Gasteiger partial charge on any atom is -0.381 e. The van der Waals surface area contributed by atoms with Crippen LogP contribution in [0.15, 0.2) is 12.3 Å². The number of carbonyl (C=O) groups is 3. The maximum atomic E-state index is 13.3. The van der Waals surface area contributed by atoms with E-state index in [4.69, 9.17) is 4.74 Å². The Morgan fingerprint density at radius 1 is 1.18 bits per heavy atom. The van der Waals surface area contributed by atoms with Crippen LogP contribution in [0.5, 0.6) is 0 Å². The average Bonchev–Trinajstić information content (AvgIpc) is 3.02. The first-order valence-corrected chi connectivity index (χ1v) is 12.1. The van der Waals surface area contributed by atoms with Crippen LogP contribution < -0.4 is 16.0 Å². The van der Waals surface area contributed by atoms with Gasteiger partial charge in [-0.05, 0) is 37.5 Å². The van der Waals surface area contributed by atoms with E-state index in [1.807, 2.05) is 20.8 Å². The number of nitrogens with zero attached hydrogens (tertiary/aromatic N) is 1. The molecular weight excluding hydrogens is 420 g/mol. The van der Waals surface area contributed by atoms with Crippen molar-refractivity contribution in [1.82, 2.24) is 10.3 Å². The Bertz CT molecular complexity index is 925. The lowest BCUT2D eigenvalue weighted by Gasteiger charge is -2.34. The predicted octanol–water partition coefficient (Wildman–Crippen LogP) is 3.38. The topological polar surface area (TPSA) is 109 Å². The van der Waals surface area contributed by atoms with E-state index in [1.54, 1.807) is 12.3 Å². The van der Waals surface area contributed by atoms with Crippen LogP contribution in [0.2, 0.25) is 0 Å². The molecule has 1 spiro atoms. The summed E-state index contributed by atoms with van der Waals surface area (Å²) in [7, 11) is 0.